The van der Waals surface area contributed by atoms with E-state index in [0.717, 1.165) is 35.1 Å². The lowest BCUT2D eigenvalue weighted by Gasteiger charge is -2.11. The molecular formula is C14H18ClN3. The van der Waals surface area contributed by atoms with Crippen molar-refractivity contribution in [2.24, 2.45) is 0 Å². The van der Waals surface area contributed by atoms with Crippen LogP contribution in [0.25, 0.3) is 0 Å². The Morgan fingerprint density at radius 2 is 2.22 bits per heavy atom. The Labute approximate surface area is 113 Å². The van der Waals surface area contributed by atoms with Crippen LogP contribution in [0.2, 0.25) is 5.02 Å². The predicted molar refractivity (Wildman–Crippen MR) is 76.0 cm³/mol. The molecule has 0 saturated carbocycles. The van der Waals surface area contributed by atoms with E-state index in [-0.39, 0.29) is 0 Å². The van der Waals surface area contributed by atoms with Crippen LogP contribution >= 0.6 is 11.6 Å². The van der Waals surface area contributed by atoms with Crippen molar-refractivity contribution in [2.75, 3.05) is 5.32 Å². The number of anilines is 1. The topological polar surface area (TPSA) is 29.9 Å². The van der Waals surface area contributed by atoms with Gasteiger partial charge in [0.25, 0.3) is 0 Å². The van der Waals surface area contributed by atoms with Crippen molar-refractivity contribution in [3.63, 3.8) is 0 Å². The number of aryl methyl sites for hydroxylation is 1. The van der Waals surface area contributed by atoms with E-state index in [1.54, 1.807) is 0 Å². The number of imidazole rings is 1. The molecule has 0 aliphatic carbocycles. The van der Waals surface area contributed by atoms with Gasteiger partial charge in [-0.15, -0.1) is 0 Å². The zero-order valence-corrected chi connectivity index (χ0v) is 11.5. The van der Waals surface area contributed by atoms with E-state index in [4.69, 9.17) is 11.6 Å². The minimum atomic E-state index is 0.716. The van der Waals surface area contributed by atoms with Crippen LogP contribution in [0.3, 0.4) is 0 Å². The van der Waals surface area contributed by atoms with Crippen LogP contribution in [0.15, 0.2) is 30.6 Å². The summed E-state index contributed by atoms with van der Waals surface area (Å²) in [6, 6.07) is 5.89. The SMILES string of the molecule is CCCn1ccnc1CNc1cccc(Cl)c1C. The Morgan fingerprint density at radius 3 is 3.00 bits per heavy atom. The normalized spacial score (nSPS) is 10.6. The zero-order valence-electron chi connectivity index (χ0n) is 10.8. The second-order valence-electron chi connectivity index (χ2n) is 4.30. The zero-order chi connectivity index (χ0) is 13.0. The maximum Gasteiger partial charge on any atom is 0.128 e. The molecule has 0 amide bonds. The van der Waals surface area contributed by atoms with Crippen LogP contribution < -0.4 is 5.32 Å². The third-order valence-electron chi connectivity index (χ3n) is 2.97. The average molecular weight is 264 g/mol. The maximum atomic E-state index is 6.09. The summed E-state index contributed by atoms with van der Waals surface area (Å²) < 4.78 is 2.17. The molecule has 2 aromatic rings. The first kappa shape index (κ1) is 13.0. The molecule has 0 radical (unpaired) electrons. The number of benzene rings is 1. The molecule has 1 heterocycles. The van der Waals surface area contributed by atoms with Gasteiger partial charge in [0.2, 0.25) is 0 Å². The molecule has 0 aliphatic heterocycles. The first-order chi connectivity index (χ1) is 8.72. The monoisotopic (exact) mass is 263 g/mol. The number of rotatable bonds is 5. The third kappa shape index (κ3) is 2.85. The van der Waals surface area contributed by atoms with E-state index in [9.17, 15) is 0 Å². The summed E-state index contributed by atoms with van der Waals surface area (Å²) in [6.45, 7) is 5.90. The molecular weight excluding hydrogens is 246 g/mol. The molecule has 0 unspecified atom stereocenters. The third-order valence-corrected chi connectivity index (χ3v) is 3.38. The van der Waals surface area contributed by atoms with Crippen LogP contribution in [0.1, 0.15) is 24.7 Å². The van der Waals surface area contributed by atoms with E-state index < -0.39 is 0 Å². The van der Waals surface area contributed by atoms with Gasteiger partial charge in [-0.3, -0.25) is 0 Å². The summed E-state index contributed by atoms with van der Waals surface area (Å²) >= 11 is 6.09. The number of aromatic nitrogens is 2. The van der Waals surface area contributed by atoms with Crippen molar-refractivity contribution in [3.8, 4) is 0 Å². The highest BCUT2D eigenvalue weighted by atomic mass is 35.5. The van der Waals surface area contributed by atoms with Crippen molar-refractivity contribution in [1.29, 1.82) is 0 Å². The standard InChI is InChI=1S/C14H18ClN3/c1-3-8-18-9-7-16-14(18)10-17-13-6-4-5-12(15)11(13)2/h4-7,9,17H,3,8,10H2,1-2H3. The number of hydrogen-bond acceptors (Lipinski definition) is 2. The molecule has 0 spiro atoms. The van der Waals surface area contributed by atoms with Crippen molar-refractivity contribution < 1.29 is 0 Å². The number of hydrogen-bond donors (Lipinski definition) is 1. The molecule has 4 heteroatoms. The van der Waals surface area contributed by atoms with E-state index in [2.05, 4.69) is 21.8 Å². The summed E-state index contributed by atoms with van der Waals surface area (Å²) in [5, 5.41) is 4.18. The summed E-state index contributed by atoms with van der Waals surface area (Å²) in [5.41, 5.74) is 2.14. The van der Waals surface area contributed by atoms with Crippen LogP contribution in [0.5, 0.6) is 0 Å². The molecule has 0 bridgehead atoms. The molecule has 1 aromatic heterocycles. The molecule has 0 saturated heterocycles. The quantitative estimate of drug-likeness (QED) is 0.888. The summed E-state index contributed by atoms with van der Waals surface area (Å²) in [4.78, 5) is 4.37. The van der Waals surface area contributed by atoms with Crippen molar-refractivity contribution in [1.82, 2.24) is 9.55 Å². The molecule has 1 N–H and O–H groups in total. The van der Waals surface area contributed by atoms with E-state index in [1.807, 2.05) is 37.5 Å². The van der Waals surface area contributed by atoms with Crippen LogP contribution in [-0.2, 0) is 13.1 Å². The number of nitrogens with one attached hydrogen (secondary N) is 1. The first-order valence-corrected chi connectivity index (χ1v) is 6.59. The van der Waals surface area contributed by atoms with Crippen LogP contribution in [0.4, 0.5) is 5.69 Å². The van der Waals surface area contributed by atoms with E-state index in [0.29, 0.717) is 6.54 Å². The molecule has 18 heavy (non-hydrogen) atoms. The van der Waals surface area contributed by atoms with Gasteiger partial charge >= 0.3 is 0 Å². The molecule has 2 rings (SSSR count). The molecule has 1 aromatic carbocycles. The van der Waals surface area contributed by atoms with Gasteiger partial charge in [-0.1, -0.05) is 24.6 Å². The number of halogens is 1. The van der Waals surface area contributed by atoms with Gasteiger partial charge in [-0.05, 0) is 31.0 Å². The molecule has 96 valence electrons. The lowest BCUT2D eigenvalue weighted by Crippen LogP contribution is -2.09. The highest BCUT2D eigenvalue weighted by molar-refractivity contribution is 6.31. The highest BCUT2D eigenvalue weighted by Crippen LogP contribution is 2.23. The second kappa shape index (κ2) is 5.91. The van der Waals surface area contributed by atoms with Crippen molar-refractivity contribution in [3.05, 3.63) is 47.0 Å². The molecule has 0 aliphatic rings. The van der Waals surface area contributed by atoms with Crippen LogP contribution in [-0.4, -0.2) is 9.55 Å². The lowest BCUT2D eigenvalue weighted by molar-refractivity contribution is 0.644. The Morgan fingerprint density at radius 1 is 1.39 bits per heavy atom. The lowest BCUT2D eigenvalue weighted by atomic mass is 10.2. The Bertz CT molecular complexity index is 520. The minimum Gasteiger partial charge on any atom is -0.378 e. The number of nitrogens with zero attached hydrogens (tertiary/aromatic N) is 2. The Hall–Kier alpha value is -1.48. The fourth-order valence-electron chi connectivity index (χ4n) is 1.92. The molecule has 0 atom stereocenters. The van der Waals surface area contributed by atoms with Gasteiger partial charge in [-0.2, -0.15) is 0 Å². The van der Waals surface area contributed by atoms with Gasteiger partial charge in [-0.25, -0.2) is 4.98 Å². The van der Waals surface area contributed by atoms with Gasteiger partial charge in [0.05, 0.1) is 6.54 Å². The van der Waals surface area contributed by atoms with Gasteiger partial charge in [0.15, 0.2) is 0 Å². The highest BCUT2D eigenvalue weighted by Gasteiger charge is 2.04. The fraction of sp³-hybridized carbons (Fsp3) is 0.357. The minimum absolute atomic E-state index is 0.716. The summed E-state index contributed by atoms with van der Waals surface area (Å²) in [7, 11) is 0. The first-order valence-electron chi connectivity index (χ1n) is 6.21. The molecule has 3 nitrogen and oxygen atoms in total. The average Bonchev–Trinajstić information content (AvgIpc) is 2.79. The van der Waals surface area contributed by atoms with Gasteiger partial charge in [0.1, 0.15) is 5.82 Å². The van der Waals surface area contributed by atoms with Gasteiger partial charge in [0, 0.05) is 29.6 Å². The largest absolute Gasteiger partial charge is 0.378 e. The predicted octanol–water partition coefficient (Wildman–Crippen LogP) is 3.87. The summed E-state index contributed by atoms with van der Waals surface area (Å²) in [6.07, 6.45) is 4.97. The molecule has 0 fully saturated rings. The van der Waals surface area contributed by atoms with Crippen molar-refractivity contribution in [2.45, 2.75) is 33.4 Å². The smallest absolute Gasteiger partial charge is 0.128 e. The van der Waals surface area contributed by atoms with Crippen LogP contribution in [0, 0.1) is 6.92 Å². The second-order valence-corrected chi connectivity index (χ2v) is 4.71. The van der Waals surface area contributed by atoms with Gasteiger partial charge < -0.3 is 9.88 Å². The fourth-order valence-corrected chi connectivity index (χ4v) is 2.10. The Kier molecular flexibility index (Phi) is 4.26. The summed E-state index contributed by atoms with van der Waals surface area (Å²) in [5.74, 6) is 1.05. The van der Waals surface area contributed by atoms with Crippen molar-refractivity contribution >= 4 is 17.3 Å². The Balaban J connectivity index is 2.07. The maximum absolute atomic E-state index is 6.09. The van der Waals surface area contributed by atoms with E-state index >= 15 is 0 Å². The van der Waals surface area contributed by atoms with E-state index in [1.165, 1.54) is 0 Å².